The van der Waals surface area contributed by atoms with Gasteiger partial charge in [0.05, 0.1) is 6.10 Å². The van der Waals surface area contributed by atoms with E-state index < -0.39 is 16.1 Å². The molecule has 1 aromatic rings. The maximum atomic E-state index is 12.1. The fourth-order valence-electron chi connectivity index (χ4n) is 1.35. The Kier molecular flexibility index (Phi) is 4.40. The summed E-state index contributed by atoms with van der Waals surface area (Å²) in [7, 11) is -2.32. The zero-order valence-electron chi connectivity index (χ0n) is 9.66. The predicted octanol–water partition coefficient (Wildman–Crippen LogP) is -0.631. The molecule has 1 aromatic heterocycles. The van der Waals surface area contributed by atoms with Crippen LogP contribution in [0.15, 0.2) is 23.2 Å². The van der Waals surface area contributed by atoms with Gasteiger partial charge < -0.3 is 10.5 Å². The highest BCUT2D eigenvalue weighted by Crippen LogP contribution is 2.20. The normalized spacial score (nSPS) is 13.7. The summed E-state index contributed by atoms with van der Waals surface area (Å²) in [6.07, 6.45) is 0.684. The fraction of sp³-hybridized carbons (Fsp3) is 0.444. The van der Waals surface area contributed by atoms with Crippen molar-refractivity contribution in [3.63, 3.8) is 0 Å². The second-order valence-corrected chi connectivity index (χ2v) is 5.64. The van der Waals surface area contributed by atoms with Gasteiger partial charge >= 0.3 is 0 Å². The number of aromatic nitrogens is 1. The first-order valence-electron chi connectivity index (χ1n) is 4.95. The lowest BCUT2D eigenvalue weighted by molar-refractivity contribution is 0.171. The van der Waals surface area contributed by atoms with Crippen LogP contribution in [0.2, 0.25) is 0 Å². The summed E-state index contributed by atoms with van der Waals surface area (Å²) in [6, 6.07) is 2.90. The number of aliphatic hydroxyl groups excluding tert-OH is 1. The number of hydrogen-bond acceptors (Lipinski definition) is 6. The number of anilines is 1. The lowest BCUT2D eigenvalue weighted by atomic mass is 10.4. The number of rotatable bonds is 5. The predicted molar refractivity (Wildman–Crippen MR) is 63.5 cm³/mol. The number of likely N-dealkylation sites (N-methyl/N-ethyl adjacent to an activating group) is 1. The molecule has 7 nitrogen and oxygen atoms in total. The van der Waals surface area contributed by atoms with Crippen molar-refractivity contribution in [3.8, 4) is 0 Å². The molecule has 0 fully saturated rings. The maximum Gasteiger partial charge on any atom is 0.246 e. The van der Waals surface area contributed by atoms with Crippen LogP contribution in [-0.2, 0) is 10.0 Å². The number of pyridine rings is 1. The molecular formula is C9H16N4O3S. The monoisotopic (exact) mass is 260 g/mol. The van der Waals surface area contributed by atoms with Crippen molar-refractivity contribution >= 4 is 15.8 Å². The van der Waals surface area contributed by atoms with Crippen molar-refractivity contribution in [2.45, 2.75) is 17.9 Å². The Hall–Kier alpha value is -1.22. The van der Waals surface area contributed by atoms with Crippen molar-refractivity contribution in [1.82, 2.24) is 9.29 Å². The summed E-state index contributed by atoms with van der Waals surface area (Å²) < 4.78 is 25.3. The van der Waals surface area contributed by atoms with Crippen LogP contribution in [0.25, 0.3) is 0 Å². The Balaban J connectivity index is 3.13. The zero-order valence-corrected chi connectivity index (χ0v) is 10.5. The van der Waals surface area contributed by atoms with Crippen molar-refractivity contribution in [2.75, 3.05) is 19.0 Å². The van der Waals surface area contributed by atoms with Crippen molar-refractivity contribution in [3.05, 3.63) is 18.3 Å². The first kappa shape index (κ1) is 13.8. The second kappa shape index (κ2) is 5.41. The number of nitrogens with two attached hydrogens (primary N) is 1. The second-order valence-electron chi connectivity index (χ2n) is 3.63. The number of nitrogens with zero attached hydrogens (tertiary/aromatic N) is 2. The minimum Gasteiger partial charge on any atom is -0.392 e. The Morgan fingerprint density at radius 2 is 2.29 bits per heavy atom. The summed E-state index contributed by atoms with van der Waals surface area (Å²) in [5, 5.41) is 9.20. The number of aliphatic hydroxyl groups is 1. The molecule has 96 valence electrons. The van der Waals surface area contributed by atoms with Crippen molar-refractivity contribution in [2.24, 2.45) is 5.84 Å². The zero-order chi connectivity index (χ0) is 13.1. The van der Waals surface area contributed by atoms with Crippen molar-refractivity contribution < 1.29 is 13.5 Å². The van der Waals surface area contributed by atoms with Crippen LogP contribution in [0.3, 0.4) is 0 Å². The lowest BCUT2D eigenvalue weighted by Gasteiger charge is -2.19. The summed E-state index contributed by atoms with van der Waals surface area (Å²) in [5.74, 6) is 5.28. The van der Waals surface area contributed by atoms with Crippen LogP contribution in [0.4, 0.5) is 5.82 Å². The van der Waals surface area contributed by atoms with E-state index in [1.54, 1.807) is 0 Å². The number of nitrogens with one attached hydrogen (secondary N) is 1. The van der Waals surface area contributed by atoms with E-state index in [9.17, 15) is 13.5 Å². The summed E-state index contributed by atoms with van der Waals surface area (Å²) in [4.78, 5) is 3.80. The minimum absolute atomic E-state index is 0.00123. The van der Waals surface area contributed by atoms with Crippen LogP contribution in [-0.4, -0.2) is 42.5 Å². The molecule has 0 spiro atoms. The Morgan fingerprint density at radius 3 is 2.82 bits per heavy atom. The van der Waals surface area contributed by atoms with Gasteiger partial charge in [-0.05, 0) is 19.1 Å². The van der Waals surface area contributed by atoms with Gasteiger partial charge in [0.2, 0.25) is 10.0 Å². The van der Waals surface area contributed by atoms with Gasteiger partial charge in [-0.1, -0.05) is 0 Å². The van der Waals surface area contributed by atoms with E-state index >= 15 is 0 Å². The number of nitrogen functional groups attached to an aromatic ring is 1. The van der Waals surface area contributed by atoms with Crippen LogP contribution < -0.4 is 11.3 Å². The number of hydrogen-bond donors (Lipinski definition) is 3. The molecule has 0 aliphatic rings. The van der Waals surface area contributed by atoms with Crippen LogP contribution in [0.5, 0.6) is 0 Å². The summed E-state index contributed by atoms with van der Waals surface area (Å²) >= 11 is 0. The Labute approximate surface area is 100 Å². The van der Waals surface area contributed by atoms with E-state index in [4.69, 9.17) is 5.84 Å². The van der Waals surface area contributed by atoms with E-state index in [1.807, 2.05) is 0 Å². The SMILES string of the molecule is CC(O)CN(C)S(=O)(=O)c1cccnc1NN. The van der Waals surface area contributed by atoms with E-state index in [-0.39, 0.29) is 17.3 Å². The molecule has 0 saturated carbocycles. The van der Waals surface area contributed by atoms with E-state index in [1.165, 1.54) is 32.3 Å². The average molecular weight is 260 g/mol. The van der Waals surface area contributed by atoms with Gasteiger partial charge in [0.15, 0.2) is 5.82 Å². The van der Waals surface area contributed by atoms with Gasteiger partial charge in [0, 0.05) is 19.8 Å². The molecule has 17 heavy (non-hydrogen) atoms. The van der Waals surface area contributed by atoms with Crippen LogP contribution in [0, 0.1) is 0 Å². The summed E-state index contributed by atoms with van der Waals surface area (Å²) in [5.41, 5.74) is 2.23. The lowest BCUT2D eigenvalue weighted by Crippen LogP contribution is -2.33. The molecule has 1 atom stereocenters. The molecule has 1 unspecified atom stereocenters. The van der Waals surface area contributed by atoms with E-state index in [2.05, 4.69) is 10.4 Å². The molecule has 8 heteroatoms. The average Bonchev–Trinajstić information content (AvgIpc) is 2.28. The first-order chi connectivity index (χ1) is 7.89. The molecule has 0 aliphatic carbocycles. The van der Waals surface area contributed by atoms with E-state index in [0.29, 0.717) is 0 Å². The van der Waals surface area contributed by atoms with Gasteiger partial charge in [-0.15, -0.1) is 0 Å². The number of sulfonamides is 1. The molecule has 4 N–H and O–H groups in total. The molecule has 1 rings (SSSR count). The smallest absolute Gasteiger partial charge is 0.246 e. The largest absolute Gasteiger partial charge is 0.392 e. The molecule has 0 aliphatic heterocycles. The summed E-state index contributed by atoms with van der Waals surface area (Å²) in [6.45, 7) is 1.51. The number of hydrazine groups is 1. The van der Waals surface area contributed by atoms with Gasteiger partial charge in [-0.2, -0.15) is 4.31 Å². The standard InChI is InChI=1S/C9H16N4O3S/c1-7(14)6-13(2)17(15,16)8-4-3-5-11-9(8)12-10/h3-5,7,14H,6,10H2,1-2H3,(H,11,12). The van der Waals surface area contributed by atoms with Gasteiger partial charge in [-0.3, -0.25) is 0 Å². The highest BCUT2D eigenvalue weighted by Gasteiger charge is 2.25. The van der Waals surface area contributed by atoms with E-state index in [0.717, 1.165) is 4.31 Å². The van der Waals surface area contributed by atoms with Crippen LogP contribution in [0.1, 0.15) is 6.92 Å². The molecule has 1 heterocycles. The Morgan fingerprint density at radius 1 is 1.65 bits per heavy atom. The van der Waals surface area contributed by atoms with Gasteiger partial charge in [0.1, 0.15) is 4.90 Å². The topological polar surface area (TPSA) is 109 Å². The molecule has 0 aromatic carbocycles. The third-order valence-corrected chi connectivity index (χ3v) is 3.97. The molecule has 0 saturated heterocycles. The van der Waals surface area contributed by atoms with Gasteiger partial charge in [-0.25, -0.2) is 19.2 Å². The molecule has 0 bridgehead atoms. The van der Waals surface area contributed by atoms with Crippen molar-refractivity contribution in [1.29, 1.82) is 0 Å². The Bertz CT molecular complexity index is 475. The molecular weight excluding hydrogens is 244 g/mol. The minimum atomic E-state index is -3.71. The molecule has 0 radical (unpaired) electrons. The third-order valence-electron chi connectivity index (χ3n) is 2.12. The molecule has 0 amide bonds. The highest BCUT2D eigenvalue weighted by atomic mass is 32.2. The highest BCUT2D eigenvalue weighted by molar-refractivity contribution is 7.89. The van der Waals surface area contributed by atoms with Gasteiger partial charge in [0.25, 0.3) is 0 Å². The quantitative estimate of drug-likeness (QED) is 0.480. The van der Waals surface area contributed by atoms with Crippen LogP contribution >= 0.6 is 0 Å². The first-order valence-corrected chi connectivity index (χ1v) is 6.39. The fourth-order valence-corrected chi connectivity index (χ4v) is 2.70. The third kappa shape index (κ3) is 3.13. The maximum absolute atomic E-state index is 12.1.